The molecular formula is C19H20F2N2O3S. The molecule has 1 amide bonds. The van der Waals surface area contributed by atoms with Gasteiger partial charge in [-0.2, -0.15) is 0 Å². The average Bonchev–Trinajstić information content (AvgIpc) is 3.00. The summed E-state index contributed by atoms with van der Waals surface area (Å²) in [4.78, 5) is 28.1. The van der Waals surface area contributed by atoms with E-state index in [2.05, 4.69) is 17.1 Å². The quantitative estimate of drug-likeness (QED) is 0.783. The highest BCUT2D eigenvalue weighted by Crippen LogP contribution is 2.38. The molecule has 1 aliphatic heterocycles. The van der Waals surface area contributed by atoms with E-state index in [1.54, 1.807) is 0 Å². The summed E-state index contributed by atoms with van der Waals surface area (Å²) in [5, 5.41) is 3.04. The van der Waals surface area contributed by atoms with Crippen molar-refractivity contribution < 1.29 is 23.1 Å². The number of fused-ring (bicyclic) bond motifs is 1. The van der Waals surface area contributed by atoms with E-state index in [1.807, 2.05) is 0 Å². The number of halogens is 2. The molecule has 8 heteroatoms. The minimum atomic E-state index is -1.10. The minimum absolute atomic E-state index is 0.0244. The Kier molecular flexibility index (Phi) is 5.86. The number of thiophene rings is 1. The zero-order valence-corrected chi connectivity index (χ0v) is 15.9. The molecule has 1 N–H and O–H groups in total. The number of carbonyl (C=O) groups is 2. The van der Waals surface area contributed by atoms with Crippen molar-refractivity contribution in [1.29, 1.82) is 0 Å². The van der Waals surface area contributed by atoms with Crippen molar-refractivity contribution in [2.24, 2.45) is 0 Å². The van der Waals surface area contributed by atoms with Gasteiger partial charge in [-0.05, 0) is 43.1 Å². The Morgan fingerprint density at radius 2 is 2.07 bits per heavy atom. The van der Waals surface area contributed by atoms with E-state index < -0.39 is 23.5 Å². The number of benzene rings is 1. The van der Waals surface area contributed by atoms with E-state index >= 15 is 0 Å². The van der Waals surface area contributed by atoms with E-state index in [9.17, 15) is 18.4 Å². The molecule has 0 atom stereocenters. The fourth-order valence-electron chi connectivity index (χ4n) is 3.18. The molecule has 1 aliphatic rings. The maximum Gasteiger partial charge on any atom is 0.341 e. The van der Waals surface area contributed by atoms with Crippen LogP contribution < -0.4 is 5.32 Å². The molecule has 0 bridgehead atoms. The summed E-state index contributed by atoms with van der Waals surface area (Å²) in [6.07, 6.45) is 1.72. The molecular weight excluding hydrogens is 374 g/mol. The highest BCUT2D eigenvalue weighted by Gasteiger charge is 2.29. The zero-order chi connectivity index (χ0) is 19.6. The number of nitrogens with one attached hydrogen (secondary N) is 1. The zero-order valence-electron chi connectivity index (χ0n) is 15.1. The molecule has 0 saturated heterocycles. The Morgan fingerprint density at radius 3 is 2.74 bits per heavy atom. The van der Waals surface area contributed by atoms with Gasteiger partial charge in [0.25, 0.3) is 5.91 Å². The largest absolute Gasteiger partial charge is 0.465 e. The van der Waals surface area contributed by atoms with Crippen LogP contribution in [0.15, 0.2) is 18.2 Å². The maximum absolute atomic E-state index is 13.4. The van der Waals surface area contributed by atoms with E-state index in [0.717, 1.165) is 42.1 Å². The van der Waals surface area contributed by atoms with Crippen LogP contribution in [0.1, 0.15) is 44.5 Å². The number of amides is 1. The highest BCUT2D eigenvalue weighted by molar-refractivity contribution is 7.17. The minimum Gasteiger partial charge on any atom is -0.465 e. The number of hydrogen-bond acceptors (Lipinski definition) is 5. The van der Waals surface area contributed by atoms with Gasteiger partial charge in [0.1, 0.15) is 5.00 Å². The van der Waals surface area contributed by atoms with E-state index in [4.69, 9.17) is 4.74 Å². The first-order valence-electron chi connectivity index (χ1n) is 8.66. The lowest BCUT2D eigenvalue weighted by molar-refractivity contribution is 0.0600. The first kappa shape index (κ1) is 19.4. The molecule has 0 spiro atoms. The van der Waals surface area contributed by atoms with Crippen molar-refractivity contribution in [3.63, 3.8) is 0 Å². The lowest BCUT2D eigenvalue weighted by atomic mass is 10.0. The Hall–Kier alpha value is -2.32. The molecule has 5 nitrogen and oxygen atoms in total. The lowest BCUT2D eigenvalue weighted by Crippen LogP contribution is -2.30. The standard InChI is InChI=1S/C19H20F2N2O3S/c1-3-7-23-8-6-12-15(10-23)27-18(16(12)19(25)26-2)22-17(24)11-4-5-13(20)14(21)9-11/h4-5,9H,3,6-8,10H2,1-2H3,(H,22,24). The first-order valence-corrected chi connectivity index (χ1v) is 9.47. The normalized spacial score (nSPS) is 13.9. The molecule has 1 aromatic carbocycles. The van der Waals surface area contributed by atoms with Crippen LogP contribution in [0.3, 0.4) is 0 Å². The van der Waals surface area contributed by atoms with Crippen LogP contribution in [0.25, 0.3) is 0 Å². The van der Waals surface area contributed by atoms with Gasteiger partial charge in [-0.3, -0.25) is 9.69 Å². The molecule has 27 heavy (non-hydrogen) atoms. The predicted octanol–water partition coefficient (Wildman–Crippen LogP) is 3.83. The monoisotopic (exact) mass is 394 g/mol. The van der Waals surface area contributed by atoms with Crippen LogP contribution in [0.2, 0.25) is 0 Å². The number of carbonyl (C=O) groups excluding carboxylic acids is 2. The van der Waals surface area contributed by atoms with Crippen molar-refractivity contribution in [3.05, 3.63) is 51.4 Å². The van der Waals surface area contributed by atoms with Crippen LogP contribution in [0, 0.1) is 11.6 Å². The topological polar surface area (TPSA) is 58.6 Å². The number of esters is 1. The first-order chi connectivity index (χ1) is 12.9. The molecule has 2 heterocycles. The Balaban J connectivity index is 1.91. The van der Waals surface area contributed by atoms with Crippen LogP contribution in [0.5, 0.6) is 0 Å². The molecule has 2 aromatic rings. The number of methoxy groups -OCH3 is 1. The van der Waals surface area contributed by atoms with Gasteiger partial charge in [0, 0.05) is 23.5 Å². The van der Waals surface area contributed by atoms with E-state index in [1.165, 1.54) is 24.5 Å². The summed E-state index contributed by atoms with van der Waals surface area (Å²) in [6, 6.07) is 2.93. The molecule has 0 radical (unpaired) electrons. The van der Waals surface area contributed by atoms with Crippen molar-refractivity contribution >= 4 is 28.2 Å². The number of hydrogen-bond donors (Lipinski definition) is 1. The third kappa shape index (κ3) is 4.01. The smallest absolute Gasteiger partial charge is 0.341 e. The SMILES string of the molecule is CCCN1CCc2c(sc(NC(=O)c3ccc(F)c(F)c3)c2C(=O)OC)C1. The van der Waals surface area contributed by atoms with Gasteiger partial charge in [-0.15, -0.1) is 11.3 Å². The highest BCUT2D eigenvalue weighted by atomic mass is 32.1. The van der Waals surface area contributed by atoms with Crippen molar-refractivity contribution in [1.82, 2.24) is 4.90 Å². The summed E-state index contributed by atoms with van der Waals surface area (Å²) in [5.74, 6) is -3.25. The van der Waals surface area contributed by atoms with Crippen LogP contribution in [-0.2, 0) is 17.7 Å². The second-order valence-electron chi connectivity index (χ2n) is 6.31. The fourth-order valence-corrected chi connectivity index (χ4v) is 4.46. The number of nitrogens with zero attached hydrogens (tertiary/aromatic N) is 1. The van der Waals surface area contributed by atoms with E-state index in [-0.39, 0.29) is 5.56 Å². The van der Waals surface area contributed by atoms with Gasteiger partial charge in [-0.25, -0.2) is 13.6 Å². The third-order valence-electron chi connectivity index (χ3n) is 4.47. The Labute approximate surface area is 159 Å². The molecule has 0 aliphatic carbocycles. The van der Waals surface area contributed by atoms with Gasteiger partial charge in [0.05, 0.1) is 12.7 Å². The number of ether oxygens (including phenoxy) is 1. The molecule has 1 aromatic heterocycles. The van der Waals surface area contributed by atoms with Gasteiger partial charge in [0.2, 0.25) is 0 Å². The Morgan fingerprint density at radius 1 is 1.30 bits per heavy atom. The summed E-state index contributed by atoms with van der Waals surface area (Å²) < 4.78 is 31.4. The fraction of sp³-hybridized carbons (Fsp3) is 0.368. The van der Waals surface area contributed by atoms with Gasteiger partial charge in [0.15, 0.2) is 11.6 Å². The summed E-state index contributed by atoms with van der Waals surface area (Å²) in [7, 11) is 1.29. The summed E-state index contributed by atoms with van der Waals surface area (Å²) in [5.41, 5.74) is 1.22. The van der Waals surface area contributed by atoms with Crippen LogP contribution in [0.4, 0.5) is 13.8 Å². The molecule has 3 rings (SSSR count). The van der Waals surface area contributed by atoms with Crippen molar-refractivity contribution in [2.75, 3.05) is 25.5 Å². The van der Waals surface area contributed by atoms with Crippen LogP contribution >= 0.6 is 11.3 Å². The second-order valence-corrected chi connectivity index (χ2v) is 7.41. The van der Waals surface area contributed by atoms with Gasteiger partial charge >= 0.3 is 5.97 Å². The Bertz CT molecular complexity index is 882. The number of anilines is 1. The maximum atomic E-state index is 13.4. The summed E-state index contributed by atoms with van der Waals surface area (Å²) in [6.45, 7) is 4.61. The van der Waals surface area contributed by atoms with Gasteiger partial charge < -0.3 is 10.1 Å². The van der Waals surface area contributed by atoms with Crippen molar-refractivity contribution in [2.45, 2.75) is 26.3 Å². The average molecular weight is 394 g/mol. The molecule has 0 saturated carbocycles. The van der Waals surface area contributed by atoms with E-state index in [0.29, 0.717) is 23.5 Å². The molecule has 0 fully saturated rings. The molecule has 0 unspecified atom stereocenters. The lowest BCUT2D eigenvalue weighted by Gasteiger charge is -2.26. The third-order valence-corrected chi connectivity index (χ3v) is 5.61. The molecule has 144 valence electrons. The number of rotatable bonds is 5. The summed E-state index contributed by atoms with van der Waals surface area (Å²) >= 11 is 1.32. The van der Waals surface area contributed by atoms with Crippen LogP contribution in [-0.4, -0.2) is 37.0 Å². The van der Waals surface area contributed by atoms with Gasteiger partial charge in [-0.1, -0.05) is 6.92 Å². The predicted molar refractivity (Wildman–Crippen MR) is 99.2 cm³/mol. The second kappa shape index (κ2) is 8.14. The van der Waals surface area contributed by atoms with Crippen molar-refractivity contribution in [3.8, 4) is 0 Å².